The van der Waals surface area contributed by atoms with Gasteiger partial charge in [0.2, 0.25) is 10.5 Å². The minimum atomic E-state index is -0.0969. The molecular weight excluding hydrogens is 180 g/mol. The highest BCUT2D eigenvalue weighted by Gasteiger charge is 2.17. The van der Waals surface area contributed by atoms with Crippen LogP contribution in [0.25, 0.3) is 0 Å². The van der Waals surface area contributed by atoms with Crippen molar-refractivity contribution in [2.75, 3.05) is 0 Å². The Labute approximate surface area is 81.5 Å². The van der Waals surface area contributed by atoms with E-state index in [1.165, 1.54) is 0 Å². The molecule has 0 aliphatic carbocycles. The molecule has 0 amide bonds. The maximum absolute atomic E-state index is 11.4. The summed E-state index contributed by atoms with van der Waals surface area (Å²) in [7, 11) is 0.477. The van der Waals surface area contributed by atoms with Crippen LogP contribution in [0.1, 0.15) is 24.8 Å². The van der Waals surface area contributed by atoms with Gasteiger partial charge in [0.25, 0.3) is 5.97 Å². The van der Waals surface area contributed by atoms with E-state index < -0.39 is 0 Å². The van der Waals surface area contributed by atoms with Crippen LogP contribution < -0.4 is 0 Å². The van der Waals surface area contributed by atoms with Gasteiger partial charge in [-0.15, -0.1) is 0 Å². The van der Waals surface area contributed by atoms with Gasteiger partial charge in [-0.1, -0.05) is 37.3 Å². The molecule has 13 heavy (non-hydrogen) atoms. The number of carbonyl (C=O) groups is 1. The average molecular weight is 194 g/mol. The first-order chi connectivity index (χ1) is 6.29. The molecule has 0 saturated heterocycles. The topological polar surface area (TPSA) is 26.3 Å². The molecule has 0 spiro atoms. The molecule has 1 atom stereocenters. The molecule has 1 unspecified atom stereocenters. The summed E-state index contributed by atoms with van der Waals surface area (Å²) in [6.45, 7) is 2.00. The van der Waals surface area contributed by atoms with E-state index in [1.54, 1.807) is 0 Å². The first kappa shape index (κ1) is 9.99. The van der Waals surface area contributed by atoms with Crippen molar-refractivity contribution in [1.82, 2.24) is 0 Å². The zero-order valence-corrected chi connectivity index (χ0v) is 9.99. The van der Waals surface area contributed by atoms with E-state index in [-0.39, 0.29) is 11.9 Å². The number of carbonyl (C=O) groups excluding carboxylic acids is 1. The van der Waals surface area contributed by atoms with Crippen LogP contribution in [0.5, 0.6) is 0 Å². The van der Waals surface area contributed by atoms with E-state index in [0.29, 0.717) is 10.5 Å². The third-order valence-electron chi connectivity index (χ3n) is 2.10. The van der Waals surface area contributed by atoms with Crippen LogP contribution in [-0.2, 0) is 9.22 Å². The maximum atomic E-state index is 11.4. The molecule has 0 fully saturated rings. The van der Waals surface area contributed by atoms with Crippen molar-refractivity contribution in [1.29, 1.82) is 0 Å². The van der Waals surface area contributed by atoms with Gasteiger partial charge in [-0.2, -0.15) is 0 Å². The average Bonchev–Trinajstić information content (AvgIpc) is 2.20. The van der Waals surface area contributed by atoms with E-state index in [1.807, 2.05) is 37.3 Å². The molecule has 0 aromatic heterocycles. The highest BCUT2D eigenvalue weighted by Crippen LogP contribution is 2.19. The number of benzene rings is 1. The molecular formula is C10H14O2Si. The van der Waals surface area contributed by atoms with Crippen LogP contribution >= 0.6 is 0 Å². The molecule has 1 aromatic carbocycles. The van der Waals surface area contributed by atoms with E-state index in [0.717, 1.165) is 12.0 Å². The molecule has 1 rings (SSSR count). The molecule has 0 N–H and O–H groups in total. The highest BCUT2D eigenvalue weighted by atomic mass is 28.2. The smallest absolute Gasteiger partial charge is 0.299 e. The van der Waals surface area contributed by atoms with Gasteiger partial charge in [-0.3, -0.25) is 4.79 Å². The predicted molar refractivity (Wildman–Crippen MR) is 55.5 cm³/mol. The second-order valence-electron chi connectivity index (χ2n) is 2.89. The minimum Gasteiger partial charge on any atom is -0.528 e. The fraction of sp³-hybridized carbons (Fsp3) is 0.300. The SMILES string of the molecule is CCC(C(=O)O[SiH3])c1ccccc1. The summed E-state index contributed by atoms with van der Waals surface area (Å²) in [5.41, 5.74) is 1.05. The van der Waals surface area contributed by atoms with Crippen molar-refractivity contribution in [2.24, 2.45) is 0 Å². The quantitative estimate of drug-likeness (QED) is 0.671. The molecule has 0 aliphatic rings. The molecule has 0 radical (unpaired) electrons. The number of hydrogen-bond acceptors (Lipinski definition) is 2. The maximum Gasteiger partial charge on any atom is 0.299 e. The molecule has 0 heterocycles. The van der Waals surface area contributed by atoms with Crippen molar-refractivity contribution >= 4 is 16.5 Å². The molecule has 0 aliphatic heterocycles. The lowest BCUT2D eigenvalue weighted by Gasteiger charge is -2.12. The Morgan fingerprint density at radius 2 is 2.08 bits per heavy atom. The van der Waals surface area contributed by atoms with Crippen LogP contribution in [0.4, 0.5) is 0 Å². The van der Waals surface area contributed by atoms with Gasteiger partial charge in [0, 0.05) is 0 Å². The van der Waals surface area contributed by atoms with Crippen molar-refractivity contribution in [3.8, 4) is 0 Å². The lowest BCUT2D eigenvalue weighted by Crippen LogP contribution is -2.13. The predicted octanol–water partition coefficient (Wildman–Crippen LogP) is 1.00. The normalized spacial score (nSPS) is 12.4. The first-order valence-corrected chi connectivity index (χ1v) is 5.24. The first-order valence-electron chi connectivity index (χ1n) is 4.42. The molecule has 0 saturated carbocycles. The van der Waals surface area contributed by atoms with Crippen LogP contribution in [-0.4, -0.2) is 16.5 Å². The third-order valence-corrected chi connectivity index (χ3v) is 2.50. The van der Waals surface area contributed by atoms with Gasteiger partial charge in [0.05, 0.1) is 5.92 Å². The van der Waals surface area contributed by atoms with Crippen molar-refractivity contribution < 1.29 is 9.22 Å². The molecule has 2 nitrogen and oxygen atoms in total. The fourth-order valence-electron chi connectivity index (χ4n) is 1.37. The van der Waals surface area contributed by atoms with Crippen molar-refractivity contribution in [3.05, 3.63) is 35.9 Å². The number of hydrogen-bond donors (Lipinski definition) is 0. The van der Waals surface area contributed by atoms with Crippen LogP contribution in [0, 0.1) is 0 Å². The van der Waals surface area contributed by atoms with E-state index in [9.17, 15) is 4.79 Å². The Balaban J connectivity index is 2.85. The summed E-state index contributed by atoms with van der Waals surface area (Å²) in [5.74, 6) is -0.181. The van der Waals surface area contributed by atoms with E-state index in [4.69, 9.17) is 4.43 Å². The Morgan fingerprint density at radius 1 is 1.46 bits per heavy atom. The summed E-state index contributed by atoms with van der Waals surface area (Å²) in [6, 6.07) is 9.76. The second-order valence-corrected chi connectivity index (χ2v) is 3.30. The van der Waals surface area contributed by atoms with Gasteiger partial charge in [-0.25, -0.2) is 0 Å². The van der Waals surface area contributed by atoms with Crippen LogP contribution in [0.3, 0.4) is 0 Å². The summed E-state index contributed by atoms with van der Waals surface area (Å²) >= 11 is 0. The lowest BCUT2D eigenvalue weighted by atomic mass is 9.97. The lowest BCUT2D eigenvalue weighted by molar-refractivity contribution is -0.135. The summed E-state index contributed by atoms with van der Waals surface area (Å²) in [4.78, 5) is 11.4. The van der Waals surface area contributed by atoms with Crippen molar-refractivity contribution in [3.63, 3.8) is 0 Å². The molecule has 3 heteroatoms. The number of rotatable bonds is 3. The van der Waals surface area contributed by atoms with Gasteiger partial charge in [-0.05, 0) is 12.0 Å². The van der Waals surface area contributed by atoms with Gasteiger partial charge >= 0.3 is 0 Å². The summed E-state index contributed by atoms with van der Waals surface area (Å²) < 4.78 is 4.86. The third kappa shape index (κ3) is 2.42. The van der Waals surface area contributed by atoms with E-state index >= 15 is 0 Å². The van der Waals surface area contributed by atoms with Crippen LogP contribution in [0.2, 0.25) is 0 Å². The monoisotopic (exact) mass is 194 g/mol. The Kier molecular flexibility index (Phi) is 3.70. The Morgan fingerprint density at radius 3 is 2.54 bits per heavy atom. The fourth-order valence-corrected chi connectivity index (χ4v) is 1.65. The zero-order chi connectivity index (χ0) is 9.68. The molecule has 1 aromatic rings. The largest absolute Gasteiger partial charge is 0.528 e. The van der Waals surface area contributed by atoms with E-state index in [2.05, 4.69) is 0 Å². The summed E-state index contributed by atoms with van der Waals surface area (Å²) in [6.07, 6.45) is 0.797. The molecule has 70 valence electrons. The van der Waals surface area contributed by atoms with Gasteiger partial charge in [0.15, 0.2) is 0 Å². The van der Waals surface area contributed by atoms with Gasteiger partial charge in [0.1, 0.15) is 0 Å². The Bertz CT molecular complexity index is 272. The zero-order valence-electron chi connectivity index (χ0n) is 7.99. The van der Waals surface area contributed by atoms with Crippen LogP contribution in [0.15, 0.2) is 30.3 Å². The highest BCUT2D eigenvalue weighted by molar-refractivity contribution is 6.06. The summed E-state index contributed by atoms with van der Waals surface area (Å²) in [5, 5.41) is 0. The standard InChI is InChI=1S/C10H14O2Si/c1-2-9(10(11)12-13)8-6-4-3-5-7-8/h3-7,9H,2H2,1,13H3. The molecule has 0 bridgehead atoms. The second kappa shape index (κ2) is 4.82. The van der Waals surface area contributed by atoms with Crippen molar-refractivity contribution in [2.45, 2.75) is 19.3 Å². The minimum absolute atomic E-state index is 0.0845. The Hall–Kier alpha value is -1.09. The van der Waals surface area contributed by atoms with Gasteiger partial charge < -0.3 is 4.43 Å².